The Kier molecular flexibility index (Phi) is 6.41. The molecular formula is C16H28N2O5. The smallest absolute Gasteiger partial charge is 0.408 e. The van der Waals surface area contributed by atoms with E-state index >= 15 is 0 Å². The number of amides is 2. The lowest BCUT2D eigenvalue weighted by molar-refractivity contribution is -0.149. The molecule has 1 heterocycles. The molecule has 0 aromatic carbocycles. The van der Waals surface area contributed by atoms with Gasteiger partial charge in [0.05, 0.1) is 0 Å². The van der Waals surface area contributed by atoms with Gasteiger partial charge in [-0.05, 0) is 46.0 Å². The fourth-order valence-corrected chi connectivity index (χ4v) is 2.63. The molecule has 0 aliphatic carbocycles. The van der Waals surface area contributed by atoms with Crippen molar-refractivity contribution in [2.75, 3.05) is 6.54 Å². The van der Waals surface area contributed by atoms with E-state index in [4.69, 9.17) is 4.74 Å². The molecule has 2 N–H and O–H groups in total. The molecule has 132 valence electrons. The number of ether oxygens (including phenoxy) is 1. The standard InChI is InChI=1S/C16H28N2O5/c1-10(2)9-11(17-15(22)23-16(3,4)5)13(19)18-8-6-7-12(18)14(20)21/h10-12H,6-9H2,1-5H3,(H,17,22)(H,20,21)/t11-,12+/m1/s1. The van der Waals surface area contributed by atoms with Crippen molar-refractivity contribution in [3.63, 3.8) is 0 Å². The molecule has 0 saturated carbocycles. The van der Waals surface area contributed by atoms with E-state index in [1.165, 1.54) is 4.90 Å². The number of nitrogens with zero attached hydrogens (tertiary/aromatic N) is 1. The van der Waals surface area contributed by atoms with E-state index in [1.807, 2.05) is 13.8 Å². The number of likely N-dealkylation sites (tertiary alicyclic amines) is 1. The van der Waals surface area contributed by atoms with Crippen molar-refractivity contribution in [3.8, 4) is 0 Å². The average molecular weight is 328 g/mol. The first-order valence-electron chi connectivity index (χ1n) is 8.04. The summed E-state index contributed by atoms with van der Waals surface area (Å²) in [6.07, 6.45) is 0.870. The molecule has 0 radical (unpaired) electrons. The molecule has 1 aliphatic heterocycles. The van der Waals surface area contributed by atoms with Gasteiger partial charge in [0.2, 0.25) is 5.91 Å². The number of hydrogen-bond acceptors (Lipinski definition) is 4. The van der Waals surface area contributed by atoms with Gasteiger partial charge in [-0.2, -0.15) is 0 Å². The van der Waals surface area contributed by atoms with E-state index in [1.54, 1.807) is 20.8 Å². The third-order valence-corrected chi connectivity index (χ3v) is 3.52. The molecule has 23 heavy (non-hydrogen) atoms. The minimum Gasteiger partial charge on any atom is -0.480 e. The Hall–Kier alpha value is -1.79. The molecule has 0 spiro atoms. The molecular weight excluding hydrogens is 300 g/mol. The SMILES string of the molecule is CC(C)C[C@@H](NC(=O)OC(C)(C)C)C(=O)N1CCC[C@H]1C(=O)O. The quantitative estimate of drug-likeness (QED) is 0.805. The van der Waals surface area contributed by atoms with Crippen molar-refractivity contribution in [2.45, 2.75) is 71.6 Å². The Morgan fingerprint density at radius 2 is 1.91 bits per heavy atom. The second-order valence-corrected chi connectivity index (χ2v) is 7.36. The summed E-state index contributed by atoms with van der Waals surface area (Å²) in [6, 6.07) is -1.58. The van der Waals surface area contributed by atoms with Crippen LogP contribution >= 0.6 is 0 Å². The van der Waals surface area contributed by atoms with Crippen LogP contribution in [0.15, 0.2) is 0 Å². The summed E-state index contributed by atoms with van der Waals surface area (Å²) in [5, 5.41) is 11.8. The maximum Gasteiger partial charge on any atom is 0.408 e. The number of carbonyl (C=O) groups is 3. The molecule has 7 heteroatoms. The van der Waals surface area contributed by atoms with Crippen molar-refractivity contribution in [1.29, 1.82) is 0 Å². The fraction of sp³-hybridized carbons (Fsp3) is 0.812. The minimum atomic E-state index is -1.00. The summed E-state index contributed by atoms with van der Waals surface area (Å²) in [7, 11) is 0. The minimum absolute atomic E-state index is 0.171. The summed E-state index contributed by atoms with van der Waals surface area (Å²) in [5.41, 5.74) is -0.660. The monoisotopic (exact) mass is 328 g/mol. The van der Waals surface area contributed by atoms with E-state index in [-0.39, 0.29) is 11.8 Å². The molecule has 0 bridgehead atoms. The van der Waals surface area contributed by atoms with E-state index < -0.39 is 29.7 Å². The third-order valence-electron chi connectivity index (χ3n) is 3.52. The summed E-state index contributed by atoms with van der Waals surface area (Å²) in [5.74, 6) is -1.18. The first-order valence-corrected chi connectivity index (χ1v) is 8.04. The van der Waals surface area contributed by atoms with E-state index in [9.17, 15) is 19.5 Å². The van der Waals surface area contributed by atoms with Crippen LogP contribution in [-0.4, -0.2) is 52.2 Å². The second-order valence-electron chi connectivity index (χ2n) is 7.36. The zero-order chi connectivity index (χ0) is 17.8. The average Bonchev–Trinajstić information content (AvgIpc) is 2.83. The fourth-order valence-electron chi connectivity index (χ4n) is 2.63. The number of nitrogens with one attached hydrogen (secondary N) is 1. The van der Waals surface area contributed by atoms with Crippen LogP contribution in [0.3, 0.4) is 0 Å². The number of carboxylic acid groups (broad SMARTS) is 1. The highest BCUT2D eigenvalue weighted by molar-refractivity contribution is 5.89. The van der Waals surface area contributed by atoms with Crippen LogP contribution in [0, 0.1) is 5.92 Å². The van der Waals surface area contributed by atoms with Gasteiger partial charge in [0.1, 0.15) is 17.7 Å². The molecule has 1 rings (SSSR count). The summed E-state index contributed by atoms with van der Waals surface area (Å²) in [4.78, 5) is 37.3. The lowest BCUT2D eigenvalue weighted by Gasteiger charge is -2.29. The van der Waals surface area contributed by atoms with Crippen LogP contribution in [0.2, 0.25) is 0 Å². The van der Waals surface area contributed by atoms with E-state index in [2.05, 4.69) is 5.32 Å². The van der Waals surface area contributed by atoms with E-state index in [0.717, 1.165) is 0 Å². The summed E-state index contributed by atoms with van der Waals surface area (Å²) in [6.45, 7) is 9.51. The van der Waals surface area contributed by atoms with Crippen molar-refractivity contribution in [3.05, 3.63) is 0 Å². The van der Waals surface area contributed by atoms with Gasteiger partial charge in [0.25, 0.3) is 0 Å². The van der Waals surface area contributed by atoms with Crippen molar-refractivity contribution >= 4 is 18.0 Å². The van der Waals surface area contributed by atoms with Gasteiger partial charge in [-0.15, -0.1) is 0 Å². The van der Waals surface area contributed by atoms with E-state index in [0.29, 0.717) is 25.8 Å². The van der Waals surface area contributed by atoms with Crippen LogP contribution in [-0.2, 0) is 14.3 Å². The van der Waals surface area contributed by atoms with Gasteiger partial charge >= 0.3 is 12.1 Å². The van der Waals surface area contributed by atoms with Crippen LogP contribution in [0.5, 0.6) is 0 Å². The Morgan fingerprint density at radius 3 is 2.39 bits per heavy atom. The zero-order valence-corrected chi connectivity index (χ0v) is 14.6. The van der Waals surface area contributed by atoms with Gasteiger partial charge in [-0.3, -0.25) is 4.79 Å². The van der Waals surface area contributed by atoms with Crippen LogP contribution in [0.1, 0.15) is 53.9 Å². The van der Waals surface area contributed by atoms with Crippen molar-refractivity contribution in [1.82, 2.24) is 10.2 Å². The molecule has 1 aliphatic rings. The number of aliphatic carboxylic acids is 1. The maximum atomic E-state index is 12.7. The lowest BCUT2D eigenvalue weighted by Crippen LogP contribution is -2.52. The van der Waals surface area contributed by atoms with Crippen molar-refractivity contribution < 1.29 is 24.2 Å². The van der Waals surface area contributed by atoms with Gasteiger partial charge < -0.3 is 20.1 Å². The number of carboxylic acids is 1. The predicted molar refractivity (Wildman–Crippen MR) is 85.0 cm³/mol. The normalized spacial score (nSPS) is 19.6. The first kappa shape index (κ1) is 19.3. The van der Waals surface area contributed by atoms with Gasteiger partial charge in [0.15, 0.2) is 0 Å². The van der Waals surface area contributed by atoms with Gasteiger partial charge in [-0.1, -0.05) is 13.8 Å². The number of carbonyl (C=O) groups excluding carboxylic acids is 2. The van der Waals surface area contributed by atoms with Gasteiger partial charge in [0, 0.05) is 6.54 Å². The predicted octanol–water partition coefficient (Wildman–Crippen LogP) is 2.00. The first-order chi connectivity index (χ1) is 10.5. The number of rotatable bonds is 5. The number of hydrogen-bond donors (Lipinski definition) is 2. The highest BCUT2D eigenvalue weighted by Crippen LogP contribution is 2.20. The molecule has 1 saturated heterocycles. The van der Waals surface area contributed by atoms with Gasteiger partial charge in [-0.25, -0.2) is 9.59 Å². The Morgan fingerprint density at radius 1 is 1.30 bits per heavy atom. The second kappa shape index (κ2) is 7.66. The molecule has 1 fully saturated rings. The molecule has 7 nitrogen and oxygen atoms in total. The third kappa shape index (κ3) is 6.08. The summed E-state index contributed by atoms with van der Waals surface area (Å²) < 4.78 is 5.20. The highest BCUT2D eigenvalue weighted by Gasteiger charge is 2.38. The Bertz CT molecular complexity index is 456. The van der Waals surface area contributed by atoms with Crippen molar-refractivity contribution in [2.24, 2.45) is 5.92 Å². The largest absolute Gasteiger partial charge is 0.480 e. The molecule has 2 atom stereocenters. The topological polar surface area (TPSA) is 95.9 Å². The Labute approximate surface area is 137 Å². The number of alkyl carbamates (subject to hydrolysis) is 1. The zero-order valence-electron chi connectivity index (χ0n) is 14.6. The van der Waals surface area contributed by atoms with Crippen LogP contribution in [0.4, 0.5) is 4.79 Å². The Balaban J connectivity index is 2.82. The molecule has 2 amide bonds. The summed E-state index contributed by atoms with van der Waals surface area (Å²) >= 11 is 0. The molecule has 0 unspecified atom stereocenters. The van der Waals surface area contributed by atoms with Crippen LogP contribution < -0.4 is 5.32 Å². The highest BCUT2D eigenvalue weighted by atomic mass is 16.6. The lowest BCUT2D eigenvalue weighted by atomic mass is 10.0. The molecule has 0 aromatic heterocycles. The molecule has 0 aromatic rings. The maximum absolute atomic E-state index is 12.7. The van der Waals surface area contributed by atoms with Crippen LogP contribution in [0.25, 0.3) is 0 Å².